The molecule has 0 aromatic rings. The van der Waals surface area contributed by atoms with Gasteiger partial charge in [0, 0.05) is 6.61 Å². The lowest BCUT2D eigenvalue weighted by atomic mass is 9.80. The average Bonchev–Trinajstić information content (AvgIpc) is 2.65. The number of allylic oxidation sites excluding steroid dienone is 4. The third kappa shape index (κ3) is 8.28. The zero-order valence-electron chi connectivity index (χ0n) is 16.5. The first-order valence-electron chi connectivity index (χ1n) is 10.8. The van der Waals surface area contributed by atoms with Gasteiger partial charge in [-0.15, -0.1) is 0 Å². The normalized spacial score (nSPS) is 30.5. The van der Waals surface area contributed by atoms with Crippen LogP contribution in [0.1, 0.15) is 84.5 Å². The highest BCUT2D eigenvalue weighted by molar-refractivity contribution is 5.24. The van der Waals surface area contributed by atoms with Crippen molar-refractivity contribution in [2.24, 2.45) is 17.8 Å². The Labute approximate surface area is 156 Å². The molecule has 0 N–H and O–H groups in total. The molecule has 0 atom stereocenters. The Morgan fingerprint density at radius 3 is 1.84 bits per heavy atom. The first-order chi connectivity index (χ1) is 12.3. The minimum absolute atomic E-state index is 0.506. The zero-order valence-corrected chi connectivity index (χ0v) is 16.5. The highest BCUT2D eigenvalue weighted by Gasteiger charge is 2.19. The van der Waals surface area contributed by atoms with Crippen LogP contribution < -0.4 is 0 Å². The standard InChI is InChI=1S/C24H38O/c1-3-9-21-12-14-22(15-13-21)10-7-5-6-8-11-23-16-18-24(19-17-23)25-20-4-2/h7-8,10-11,21-24H,3-4,9,12-20H2,1-2H3. The maximum atomic E-state index is 5.85. The van der Waals surface area contributed by atoms with E-state index >= 15 is 0 Å². The average molecular weight is 343 g/mol. The van der Waals surface area contributed by atoms with Crippen molar-refractivity contribution >= 4 is 0 Å². The van der Waals surface area contributed by atoms with E-state index in [9.17, 15) is 0 Å². The van der Waals surface area contributed by atoms with Crippen LogP contribution >= 0.6 is 0 Å². The van der Waals surface area contributed by atoms with Crippen LogP contribution in [0.3, 0.4) is 0 Å². The van der Waals surface area contributed by atoms with E-state index in [0.29, 0.717) is 12.0 Å². The molecular formula is C24H38O. The Morgan fingerprint density at radius 1 is 0.760 bits per heavy atom. The third-order valence-corrected chi connectivity index (χ3v) is 5.85. The van der Waals surface area contributed by atoms with Crippen LogP contribution in [-0.4, -0.2) is 12.7 Å². The van der Waals surface area contributed by atoms with Crippen molar-refractivity contribution in [1.29, 1.82) is 0 Å². The van der Waals surface area contributed by atoms with E-state index < -0.39 is 0 Å². The van der Waals surface area contributed by atoms with Crippen LogP contribution in [0.25, 0.3) is 0 Å². The Hall–Kier alpha value is -1.00. The molecule has 2 fully saturated rings. The van der Waals surface area contributed by atoms with Gasteiger partial charge in [0.15, 0.2) is 0 Å². The molecule has 1 heteroatoms. The van der Waals surface area contributed by atoms with Crippen LogP contribution in [0, 0.1) is 29.6 Å². The Balaban J connectivity index is 1.60. The fraction of sp³-hybridized carbons (Fsp3) is 0.750. The smallest absolute Gasteiger partial charge is 0.0575 e. The van der Waals surface area contributed by atoms with Gasteiger partial charge in [-0.2, -0.15) is 0 Å². The molecule has 0 radical (unpaired) electrons. The summed E-state index contributed by atoms with van der Waals surface area (Å²) < 4.78 is 5.85. The van der Waals surface area contributed by atoms with E-state index in [2.05, 4.69) is 50.0 Å². The molecular weight excluding hydrogens is 304 g/mol. The number of hydrogen-bond acceptors (Lipinski definition) is 1. The summed E-state index contributed by atoms with van der Waals surface area (Å²) in [5.41, 5.74) is 0. The molecule has 2 aliphatic rings. The first-order valence-corrected chi connectivity index (χ1v) is 10.8. The lowest BCUT2D eigenvalue weighted by molar-refractivity contribution is 0.0227. The summed E-state index contributed by atoms with van der Waals surface area (Å²) in [5, 5.41) is 0. The second-order valence-corrected chi connectivity index (χ2v) is 7.98. The van der Waals surface area contributed by atoms with Gasteiger partial charge in [-0.05, 0) is 87.7 Å². The van der Waals surface area contributed by atoms with Gasteiger partial charge in [0.25, 0.3) is 0 Å². The summed E-state index contributed by atoms with van der Waals surface area (Å²) in [5.74, 6) is 8.86. The van der Waals surface area contributed by atoms with Crippen molar-refractivity contribution in [3.05, 3.63) is 24.3 Å². The zero-order chi connectivity index (χ0) is 17.7. The van der Waals surface area contributed by atoms with Gasteiger partial charge in [-0.3, -0.25) is 0 Å². The summed E-state index contributed by atoms with van der Waals surface area (Å²) >= 11 is 0. The summed E-state index contributed by atoms with van der Waals surface area (Å²) in [4.78, 5) is 0. The molecule has 2 aliphatic carbocycles. The lowest BCUT2D eigenvalue weighted by Gasteiger charge is -2.26. The van der Waals surface area contributed by atoms with Gasteiger partial charge in [0.05, 0.1) is 6.10 Å². The summed E-state index contributed by atoms with van der Waals surface area (Å²) in [6.07, 6.45) is 23.7. The number of ether oxygens (including phenoxy) is 1. The fourth-order valence-corrected chi connectivity index (χ4v) is 4.27. The van der Waals surface area contributed by atoms with Gasteiger partial charge in [0.1, 0.15) is 0 Å². The minimum atomic E-state index is 0.506. The number of rotatable bonds is 7. The van der Waals surface area contributed by atoms with Crippen LogP contribution in [0.15, 0.2) is 24.3 Å². The van der Waals surface area contributed by atoms with Gasteiger partial charge in [-0.25, -0.2) is 0 Å². The van der Waals surface area contributed by atoms with E-state index in [4.69, 9.17) is 4.74 Å². The number of hydrogen-bond donors (Lipinski definition) is 0. The fourth-order valence-electron chi connectivity index (χ4n) is 4.27. The molecule has 0 unspecified atom stereocenters. The minimum Gasteiger partial charge on any atom is -0.378 e. The monoisotopic (exact) mass is 342 g/mol. The maximum absolute atomic E-state index is 5.85. The second kappa shape index (κ2) is 12.4. The molecule has 140 valence electrons. The van der Waals surface area contributed by atoms with Gasteiger partial charge < -0.3 is 4.74 Å². The Kier molecular flexibility index (Phi) is 10.1. The third-order valence-electron chi connectivity index (χ3n) is 5.85. The van der Waals surface area contributed by atoms with Crippen LogP contribution in [0.4, 0.5) is 0 Å². The van der Waals surface area contributed by atoms with Crippen LogP contribution in [0.5, 0.6) is 0 Å². The van der Waals surface area contributed by atoms with E-state index in [1.54, 1.807) is 0 Å². The van der Waals surface area contributed by atoms with Crippen LogP contribution in [-0.2, 0) is 4.74 Å². The molecule has 0 aromatic carbocycles. The second-order valence-electron chi connectivity index (χ2n) is 7.98. The molecule has 0 bridgehead atoms. The largest absolute Gasteiger partial charge is 0.378 e. The van der Waals surface area contributed by atoms with Gasteiger partial charge in [-0.1, -0.05) is 50.7 Å². The van der Waals surface area contributed by atoms with E-state index in [1.807, 2.05) is 0 Å². The lowest BCUT2D eigenvalue weighted by Crippen LogP contribution is -2.21. The van der Waals surface area contributed by atoms with Crippen molar-refractivity contribution in [3.8, 4) is 11.8 Å². The molecule has 0 spiro atoms. The quantitative estimate of drug-likeness (QED) is 0.468. The van der Waals surface area contributed by atoms with E-state index in [-0.39, 0.29) is 0 Å². The Bertz CT molecular complexity index is 448. The molecule has 1 nitrogen and oxygen atoms in total. The maximum Gasteiger partial charge on any atom is 0.0575 e. The summed E-state index contributed by atoms with van der Waals surface area (Å²) in [7, 11) is 0. The van der Waals surface area contributed by atoms with Crippen molar-refractivity contribution in [1.82, 2.24) is 0 Å². The molecule has 0 amide bonds. The van der Waals surface area contributed by atoms with Crippen molar-refractivity contribution in [2.75, 3.05) is 6.61 Å². The van der Waals surface area contributed by atoms with Crippen molar-refractivity contribution in [2.45, 2.75) is 90.6 Å². The van der Waals surface area contributed by atoms with Gasteiger partial charge >= 0.3 is 0 Å². The first kappa shape index (κ1) is 20.3. The highest BCUT2D eigenvalue weighted by atomic mass is 16.5. The van der Waals surface area contributed by atoms with Crippen molar-refractivity contribution < 1.29 is 4.74 Å². The predicted octanol–water partition coefficient (Wildman–Crippen LogP) is 6.69. The molecule has 0 aromatic heterocycles. The molecule has 0 saturated heterocycles. The van der Waals surface area contributed by atoms with E-state index in [0.717, 1.165) is 24.9 Å². The Morgan fingerprint density at radius 2 is 1.32 bits per heavy atom. The predicted molar refractivity (Wildman–Crippen MR) is 108 cm³/mol. The topological polar surface area (TPSA) is 9.23 Å². The molecule has 2 saturated carbocycles. The molecule has 2 rings (SSSR count). The van der Waals surface area contributed by atoms with E-state index in [1.165, 1.54) is 64.2 Å². The van der Waals surface area contributed by atoms with Crippen LogP contribution in [0.2, 0.25) is 0 Å². The highest BCUT2D eigenvalue weighted by Crippen LogP contribution is 2.32. The summed E-state index contributed by atoms with van der Waals surface area (Å²) in [6, 6.07) is 0. The molecule has 0 aliphatic heterocycles. The SMILES string of the molecule is CCCOC1CCC(C=CC#CC=CC2CCC(CCC)CC2)CC1. The molecule has 0 heterocycles. The molecule has 25 heavy (non-hydrogen) atoms. The summed E-state index contributed by atoms with van der Waals surface area (Å²) in [6.45, 7) is 5.41. The van der Waals surface area contributed by atoms with Gasteiger partial charge in [0.2, 0.25) is 0 Å². The van der Waals surface area contributed by atoms with Crippen molar-refractivity contribution in [3.63, 3.8) is 0 Å².